The Morgan fingerprint density at radius 2 is 2.05 bits per heavy atom. The second-order valence-corrected chi connectivity index (χ2v) is 6.70. The predicted molar refractivity (Wildman–Crippen MR) is 81.5 cm³/mol. The molecule has 0 bridgehead atoms. The van der Waals surface area contributed by atoms with Crippen LogP contribution < -0.4 is 4.74 Å². The Morgan fingerprint density at radius 1 is 1.33 bits per heavy atom. The fourth-order valence-electron chi connectivity index (χ4n) is 2.03. The summed E-state index contributed by atoms with van der Waals surface area (Å²) < 4.78 is 32.3. The van der Waals surface area contributed by atoms with Crippen LogP contribution in [-0.2, 0) is 16.4 Å². The van der Waals surface area contributed by atoms with Gasteiger partial charge in [-0.25, -0.2) is 17.4 Å². The van der Waals surface area contributed by atoms with Gasteiger partial charge in [-0.2, -0.15) is 0 Å². The van der Waals surface area contributed by atoms with Gasteiger partial charge in [0.15, 0.2) is 0 Å². The number of rotatable bonds is 5. The molecule has 5 nitrogen and oxygen atoms in total. The normalized spacial score (nSPS) is 11.6. The lowest BCUT2D eigenvalue weighted by atomic mass is 10.3. The molecule has 0 aliphatic carbocycles. The van der Waals surface area contributed by atoms with Crippen molar-refractivity contribution in [3.63, 3.8) is 0 Å². The summed E-state index contributed by atoms with van der Waals surface area (Å²) in [6.45, 7) is 5.78. The van der Waals surface area contributed by atoms with Gasteiger partial charge >= 0.3 is 0 Å². The first kappa shape index (κ1) is 15.9. The maximum absolute atomic E-state index is 12.9. The molecule has 0 aliphatic heterocycles. The fourth-order valence-corrected chi connectivity index (χ4v) is 3.88. The summed E-state index contributed by atoms with van der Waals surface area (Å²) in [5.41, 5.74) is 0.649. The van der Waals surface area contributed by atoms with Gasteiger partial charge in [0.1, 0.15) is 16.5 Å². The number of aryl methyl sites for hydroxylation is 2. The third-order valence-electron chi connectivity index (χ3n) is 2.92. The SMILES string of the molecule is CCOc1ccc(Cl)cc1S(=O)(=O)n1cc(C)nc1CC. The summed E-state index contributed by atoms with van der Waals surface area (Å²) in [7, 11) is -3.79. The molecule has 0 unspecified atom stereocenters. The zero-order valence-corrected chi connectivity index (χ0v) is 13.7. The Hall–Kier alpha value is -1.53. The highest BCUT2D eigenvalue weighted by Gasteiger charge is 2.25. The third kappa shape index (κ3) is 3.06. The molecule has 2 rings (SSSR count). The molecule has 0 aliphatic rings. The van der Waals surface area contributed by atoms with E-state index < -0.39 is 10.0 Å². The van der Waals surface area contributed by atoms with Gasteiger partial charge < -0.3 is 4.74 Å². The van der Waals surface area contributed by atoms with Crippen LogP contribution >= 0.6 is 11.6 Å². The zero-order valence-electron chi connectivity index (χ0n) is 12.1. The number of hydrogen-bond donors (Lipinski definition) is 0. The molecule has 0 amide bonds. The van der Waals surface area contributed by atoms with Crippen molar-refractivity contribution in [2.45, 2.75) is 32.1 Å². The fraction of sp³-hybridized carbons (Fsp3) is 0.357. The molecule has 1 heterocycles. The van der Waals surface area contributed by atoms with Crippen molar-refractivity contribution in [2.75, 3.05) is 6.61 Å². The van der Waals surface area contributed by atoms with Gasteiger partial charge in [-0.05, 0) is 32.0 Å². The molecule has 114 valence electrons. The number of aromatic nitrogens is 2. The summed E-state index contributed by atoms with van der Waals surface area (Å²) in [4.78, 5) is 4.27. The largest absolute Gasteiger partial charge is 0.492 e. The van der Waals surface area contributed by atoms with E-state index in [0.717, 1.165) is 0 Å². The minimum atomic E-state index is -3.79. The van der Waals surface area contributed by atoms with Crippen LogP contribution in [0.25, 0.3) is 0 Å². The standard InChI is InChI=1S/C14H17ClN2O3S/c1-4-14-16-10(3)9-17(14)21(18,19)13-8-11(15)6-7-12(13)20-5-2/h6-9H,4-5H2,1-3H3. The Labute approximate surface area is 129 Å². The van der Waals surface area contributed by atoms with E-state index in [1.165, 1.54) is 16.2 Å². The molecule has 0 saturated heterocycles. The second kappa shape index (κ2) is 6.07. The van der Waals surface area contributed by atoms with E-state index in [0.29, 0.717) is 29.6 Å². The highest BCUT2D eigenvalue weighted by Crippen LogP contribution is 2.29. The van der Waals surface area contributed by atoms with E-state index in [4.69, 9.17) is 16.3 Å². The van der Waals surface area contributed by atoms with Gasteiger partial charge in [0.05, 0.1) is 12.3 Å². The van der Waals surface area contributed by atoms with E-state index in [1.54, 1.807) is 26.0 Å². The molecule has 1 aromatic carbocycles. The van der Waals surface area contributed by atoms with E-state index in [2.05, 4.69) is 4.98 Å². The first-order valence-electron chi connectivity index (χ1n) is 6.63. The van der Waals surface area contributed by atoms with Gasteiger partial charge in [0.25, 0.3) is 10.0 Å². The van der Waals surface area contributed by atoms with Crippen molar-refractivity contribution >= 4 is 21.6 Å². The minimum absolute atomic E-state index is 0.0453. The van der Waals surface area contributed by atoms with Crippen LogP contribution in [-0.4, -0.2) is 24.0 Å². The third-order valence-corrected chi connectivity index (χ3v) is 4.87. The number of nitrogens with zero attached hydrogens (tertiary/aromatic N) is 2. The molecule has 0 radical (unpaired) electrons. The van der Waals surface area contributed by atoms with Crippen LogP contribution in [0.1, 0.15) is 25.4 Å². The average molecular weight is 329 g/mol. The summed E-state index contributed by atoms with van der Waals surface area (Å²) >= 11 is 5.94. The quantitative estimate of drug-likeness (QED) is 0.846. The maximum Gasteiger partial charge on any atom is 0.272 e. The number of hydrogen-bond acceptors (Lipinski definition) is 4. The number of ether oxygens (including phenoxy) is 1. The number of imidazole rings is 1. The second-order valence-electron chi connectivity index (χ2n) is 4.48. The van der Waals surface area contributed by atoms with E-state index in [-0.39, 0.29) is 10.6 Å². The predicted octanol–water partition coefficient (Wildman–Crippen LogP) is 3.04. The number of benzene rings is 1. The van der Waals surface area contributed by atoms with Gasteiger partial charge in [0.2, 0.25) is 0 Å². The minimum Gasteiger partial charge on any atom is -0.492 e. The smallest absolute Gasteiger partial charge is 0.272 e. The molecule has 0 saturated carbocycles. The van der Waals surface area contributed by atoms with Crippen LogP contribution in [0.2, 0.25) is 5.02 Å². The molecule has 0 spiro atoms. The molecule has 7 heteroatoms. The summed E-state index contributed by atoms with van der Waals surface area (Å²) in [5.74, 6) is 0.769. The van der Waals surface area contributed by atoms with Gasteiger partial charge in [-0.1, -0.05) is 18.5 Å². The van der Waals surface area contributed by atoms with Crippen molar-refractivity contribution in [1.82, 2.24) is 8.96 Å². The lowest BCUT2D eigenvalue weighted by Gasteiger charge is -2.13. The Kier molecular flexibility index (Phi) is 4.58. The van der Waals surface area contributed by atoms with Gasteiger partial charge in [0, 0.05) is 17.6 Å². The lowest BCUT2D eigenvalue weighted by molar-refractivity contribution is 0.331. The van der Waals surface area contributed by atoms with E-state index in [9.17, 15) is 8.42 Å². The van der Waals surface area contributed by atoms with Crippen LogP contribution in [0.4, 0.5) is 0 Å². The molecule has 1 aromatic heterocycles. The summed E-state index contributed by atoms with van der Waals surface area (Å²) in [5, 5.41) is 0.340. The monoisotopic (exact) mass is 328 g/mol. The molecular formula is C14H17ClN2O3S. The molecule has 2 aromatic rings. The summed E-state index contributed by atoms with van der Waals surface area (Å²) in [6.07, 6.45) is 2.02. The Balaban J connectivity index is 2.66. The van der Waals surface area contributed by atoms with Crippen LogP contribution in [0, 0.1) is 6.92 Å². The van der Waals surface area contributed by atoms with Crippen LogP contribution in [0.15, 0.2) is 29.3 Å². The number of halogens is 1. The molecule has 21 heavy (non-hydrogen) atoms. The Morgan fingerprint density at radius 3 is 2.67 bits per heavy atom. The molecule has 0 atom stereocenters. The topological polar surface area (TPSA) is 61.2 Å². The van der Waals surface area contributed by atoms with Crippen molar-refractivity contribution in [2.24, 2.45) is 0 Å². The zero-order chi connectivity index (χ0) is 15.6. The highest BCUT2D eigenvalue weighted by atomic mass is 35.5. The summed E-state index contributed by atoms with van der Waals surface area (Å²) in [6, 6.07) is 4.57. The van der Waals surface area contributed by atoms with Crippen molar-refractivity contribution in [3.05, 3.63) is 40.9 Å². The van der Waals surface area contributed by atoms with Gasteiger partial charge in [-0.3, -0.25) is 0 Å². The lowest BCUT2D eigenvalue weighted by Crippen LogP contribution is -2.16. The van der Waals surface area contributed by atoms with E-state index >= 15 is 0 Å². The highest BCUT2D eigenvalue weighted by molar-refractivity contribution is 7.90. The Bertz CT molecular complexity index is 754. The first-order chi connectivity index (χ1) is 9.90. The van der Waals surface area contributed by atoms with Crippen LogP contribution in [0.5, 0.6) is 5.75 Å². The molecule has 0 N–H and O–H groups in total. The first-order valence-corrected chi connectivity index (χ1v) is 8.44. The molecular weight excluding hydrogens is 312 g/mol. The van der Waals surface area contributed by atoms with Crippen molar-refractivity contribution < 1.29 is 13.2 Å². The van der Waals surface area contributed by atoms with Crippen molar-refractivity contribution in [1.29, 1.82) is 0 Å². The molecule has 0 fully saturated rings. The van der Waals surface area contributed by atoms with Gasteiger partial charge in [-0.15, -0.1) is 0 Å². The van der Waals surface area contributed by atoms with Crippen LogP contribution in [0.3, 0.4) is 0 Å². The van der Waals surface area contributed by atoms with E-state index in [1.807, 2.05) is 6.92 Å². The van der Waals surface area contributed by atoms with Crippen molar-refractivity contribution in [3.8, 4) is 5.75 Å². The maximum atomic E-state index is 12.9. The average Bonchev–Trinajstić information content (AvgIpc) is 2.83.